The third-order valence-corrected chi connectivity index (χ3v) is 5.83. The van der Waals surface area contributed by atoms with Crippen molar-refractivity contribution >= 4 is 35.8 Å². The summed E-state index contributed by atoms with van der Waals surface area (Å²) in [6.45, 7) is 4.54. The van der Waals surface area contributed by atoms with Gasteiger partial charge in [-0.3, -0.25) is 14.7 Å². The van der Waals surface area contributed by atoms with E-state index in [-0.39, 0.29) is 35.3 Å². The van der Waals surface area contributed by atoms with Crippen LogP contribution in [0.4, 0.5) is 0 Å². The summed E-state index contributed by atoms with van der Waals surface area (Å²) in [6.07, 6.45) is 4.14. The zero-order valence-corrected chi connectivity index (χ0v) is 20.9. The molecule has 2 N–H and O–H groups in total. The molecule has 1 unspecified atom stereocenters. The van der Waals surface area contributed by atoms with Crippen LogP contribution in [0.5, 0.6) is 0 Å². The molecule has 0 radical (unpaired) electrons. The van der Waals surface area contributed by atoms with E-state index >= 15 is 0 Å². The van der Waals surface area contributed by atoms with Gasteiger partial charge in [-0.15, -0.1) is 24.0 Å². The average molecular weight is 515 g/mol. The minimum absolute atomic E-state index is 0. The molecule has 1 aliphatic rings. The Hall–Kier alpha value is -1.35. The van der Waals surface area contributed by atoms with Crippen LogP contribution in [-0.4, -0.2) is 69.0 Å². The van der Waals surface area contributed by atoms with Gasteiger partial charge in [0.25, 0.3) is 0 Å². The molecule has 1 fully saturated rings. The summed E-state index contributed by atoms with van der Waals surface area (Å²) in [5, 5.41) is 6.82. The molecular formula is C22H38IN5O. The SMILES string of the molecule is CN=C(NCC(C)N(C)Cc1ccccc1)NCC1(C(=O)N(C)C)CCCC1.I. The molecule has 1 saturated carbocycles. The third-order valence-electron chi connectivity index (χ3n) is 5.83. The maximum atomic E-state index is 12.7. The van der Waals surface area contributed by atoms with Crippen LogP contribution in [0.15, 0.2) is 35.3 Å². The largest absolute Gasteiger partial charge is 0.355 e. The number of amides is 1. The molecule has 1 amide bonds. The molecule has 1 atom stereocenters. The average Bonchev–Trinajstić information content (AvgIpc) is 3.18. The Morgan fingerprint density at radius 2 is 1.76 bits per heavy atom. The van der Waals surface area contributed by atoms with Crippen molar-refractivity contribution in [2.24, 2.45) is 10.4 Å². The van der Waals surface area contributed by atoms with Gasteiger partial charge < -0.3 is 15.5 Å². The highest BCUT2D eigenvalue weighted by Gasteiger charge is 2.42. The molecule has 1 aliphatic carbocycles. The number of hydrogen-bond acceptors (Lipinski definition) is 3. The predicted molar refractivity (Wildman–Crippen MR) is 132 cm³/mol. The van der Waals surface area contributed by atoms with Crippen molar-refractivity contribution in [3.63, 3.8) is 0 Å². The first-order valence-corrected chi connectivity index (χ1v) is 10.3. The predicted octanol–water partition coefficient (Wildman–Crippen LogP) is 2.94. The fraction of sp³-hybridized carbons (Fsp3) is 0.636. The summed E-state index contributed by atoms with van der Waals surface area (Å²) in [4.78, 5) is 21.1. The molecule has 0 saturated heterocycles. The van der Waals surface area contributed by atoms with Crippen LogP contribution in [0.25, 0.3) is 0 Å². The smallest absolute Gasteiger partial charge is 0.230 e. The quantitative estimate of drug-likeness (QED) is 0.318. The zero-order valence-electron chi connectivity index (χ0n) is 18.6. The van der Waals surface area contributed by atoms with Crippen LogP contribution in [-0.2, 0) is 11.3 Å². The second-order valence-electron chi connectivity index (χ2n) is 8.24. The third kappa shape index (κ3) is 7.44. The molecule has 1 aromatic rings. The number of carbonyl (C=O) groups excluding carboxylic acids is 1. The molecule has 0 aliphatic heterocycles. The number of nitrogens with one attached hydrogen (secondary N) is 2. The number of likely N-dealkylation sites (N-methyl/N-ethyl adjacent to an activating group) is 1. The number of carbonyl (C=O) groups is 1. The molecule has 0 spiro atoms. The minimum atomic E-state index is -0.295. The lowest BCUT2D eigenvalue weighted by atomic mass is 9.84. The maximum absolute atomic E-state index is 12.7. The molecule has 1 aromatic carbocycles. The first-order chi connectivity index (χ1) is 13.4. The van der Waals surface area contributed by atoms with Crippen LogP contribution in [0.3, 0.4) is 0 Å². The lowest BCUT2D eigenvalue weighted by Crippen LogP contribution is -2.50. The van der Waals surface area contributed by atoms with Crippen LogP contribution in [0.1, 0.15) is 38.2 Å². The van der Waals surface area contributed by atoms with Gasteiger partial charge in [-0.2, -0.15) is 0 Å². The van der Waals surface area contributed by atoms with Crippen LogP contribution in [0, 0.1) is 5.41 Å². The standard InChI is InChI=1S/C22H37N5O.HI/c1-18(27(5)16-19-11-7-6-8-12-19)15-24-21(23-2)25-17-22(13-9-10-14-22)20(28)26(3)4;/h6-8,11-12,18H,9-10,13-17H2,1-5H3,(H2,23,24,25);1H. The molecule has 0 heterocycles. The van der Waals surface area contributed by atoms with Crippen molar-refractivity contribution in [2.45, 2.75) is 45.2 Å². The van der Waals surface area contributed by atoms with Gasteiger partial charge in [0, 0.05) is 46.8 Å². The number of hydrogen-bond donors (Lipinski definition) is 2. The van der Waals surface area contributed by atoms with E-state index in [1.54, 1.807) is 11.9 Å². The highest BCUT2D eigenvalue weighted by Crippen LogP contribution is 2.38. The second kappa shape index (κ2) is 12.4. The van der Waals surface area contributed by atoms with E-state index in [0.29, 0.717) is 12.6 Å². The van der Waals surface area contributed by atoms with Gasteiger partial charge in [0.2, 0.25) is 5.91 Å². The molecule has 0 bridgehead atoms. The second-order valence-corrected chi connectivity index (χ2v) is 8.24. The zero-order chi connectivity index (χ0) is 20.6. The summed E-state index contributed by atoms with van der Waals surface area (Å²) in [6, 6.07) is 10.8. The van der Waals surface area contributed by atoms with Gasteiger partial charge in [-0.05, 0) is 32.4 Å². The number of guanidine groups is 1. The summed E-state index contributed by atoms with van der Waals surface area (Å²) in [5.74, 6) is 0.988. The van der Waals surface area contributed by atoms with Crippen molar-refractivity contribution in [3.8, 4) is 0 Å². The summed E-state index contributed by atoms with van der Waals surface area (Å²) in [7, 11) is 7.61. The monoisotopic (exact) mass is 515 g/mol. The lowest BCUT2D eigenvalue weighted by molar-refractivity contribution is -0.138. The van der Waals surface area contributed by atoms with E-state index in [9.17, 15) is 4.79 Å². The van der Waals surface area contributed by atoms with Crippen molar-refractivity contribution < 1.29 is 4.79 Å². The Labute approximate surface area is 193 Å². The Morgan fingerprint density at radius 3 is 2.31 bits per heavy atom. The molecule has 6 nitrogen and oxygen atoms in total. The maximum Gasteiger partial charge on any atom is 0.230 e. The lowest BCUT2D eigenvalue weighted by Gasteiger charge is -2.32. The van der Waals surface area contributed by atoms with E-state index < -0.39 is 0 Å². The first kappa shape index (κ1) is 25.7. The van der Waals surface area contributed by atoms with Gasteiger partial charge in [0.15, 0.2) is 5.96 Å². The van der Waals surface area contributed by atoms with Crippen molar-refractivity contribution in [3.05, 3.63) is 35.9 Å². The highest BCUT2D eigenvalue weighted by molar-refractivity contribution is 14.0. The van der Waals surface area contributed by atoms with E-state index in [0.717, 1.165) is 44.7 Å². The van der Waals surface area contributed by atoms with Gasteiger partial charge in [0.05, 0.1) is 5.41 Å². The van der Waals surface area contributed by atoms with Gasteiger partial charge in [0.1, 0.15) is 0 Å². The number of benzene rings is 1. The van der Waals surface area contributed by atoms with Gasteiger partial charge >= 0.3 is 0 Å². The summed E-state index contributed by atoms with van der Waals surface area (Å²) in [5.41, 5.74) is 1.02. The number of rotatable bonds is 8. The minimum Gasteiger partial charge on any atom is -0.355 e. The Kier molecular flexibility index (Phi) is 11.0. The van der Waals surface area contributed by atoms with Crippen LogP contribution >= 0.6 is 24.0 Å². The molecule has 0 aromatic heterocycles. The topological polar surface area (TPSA) is 60.0 Å². The van der Waals surface area contributed by atoms with E-state index in [4.69, 9.17) is 0 Å². The van der Waals surface area contributed by atoms with E-state index in [1.165, 1.54) is 5.56 Å². The van der Waals surface area contributed by atoms with Crippen molar-refractivity contribution in [1.29, 1.82) is 0 Å². The highest BCUT2D eigenvalue weighted by atomic mass is 127. The normalized spacial score (nSPS) is 16.8. The van der Waals surface area contributed by atoms with Gasteiger partial charge in [-0.1, -0.05) is 43.2 Å². The van der Waals surface area contributed by atoms with Crippen LogP contribution in [0.2, 0.25) is 0 Å². The van der Waals surface area contributed by atoms with Crippen molar-refractivity contribution in [1.82, 2.24) is 20.4 Å². The van der Waals surface area contributed by atoms with Crippen LogP contribution < -0.4 is 10.6 Å². The fourth-order valence-corrected chi connectivity index (χ4v) is 3.89. The number of halogens is 1. The van der Waals surface area contributed by atoms with Crippen molar-refractivity contribution in [2.75, 3.05) is 41.3 Å². The fourth-order valence-electron chi connectivity index (χ4n) is 3.89. The molecule has 29 heavy (non-hydrogen) atoms. The molecular weight excluding hydrogens is 477 g/mol. The van der Waals surface area contributed by atoms with E-state index in [1.807, 2.05) is 20.2 Å². The summed E-state index contributed by atoms with van der Waals surface area (Å²) < 4.78 is 0. The Bertz CT molecular complexity index is 644. The van der Waals surface area contributed by atoms with E-state index in [2.05, 4.69) is 58.8 Å². The Balaban J connectivity index is 0.00000420. The summed E-state index contributed by atoms with van der Waals surface area (Å²) >= 11 is 0. The molecule has 164 valence electrons. The molecule has 2 rings (SSSR count). The number of nitrogens with zero attached hydrogens (tertiary/aromatic N) is 3. The Morgan fingerprint density at radius 1 is 1.14 bits per heavy atom. The first-order valence-electron chi connectivity index (χ1n) is 10.3. The number of aliphatic imine (C=N–C) groups is 1. The van der Waals surface area contributed by atoms with Gasteiger partial charge in [-0.25, -0.2) is 0 Å². The molecule has 7 heteroatoms.